The van der Waals surface area contributed by atoms with Crippen LogP contribution in [0.2, 0.25) is 0 Å². The van der Waals surface area contributed by atoms with Crippen LogP contribution in [0.5, 0.6) is 23.0 Å². The molecule has 0 bridgehead atoms. The first-order valence-electron chi connectivity index (χ1n) is 8.81. The van der Waals surface area contributed by atoms with E-state index < -0.39 is 0 Å². The average Bonchev–Trinajstić information content (AvgIpc) is 3.34. The fourth-order valence-electron chi connectivity index (χ4n) is 3.11. The fraction of sp³-hybridized carbons (Fsp3) is 0.250. The zero-order valence-corrected chi connectivity index (χ0v) is 17.3. The molecule has 4 rings (SSSR count). The number of nitrogens with zero attached hydrogens (tertiary/aromatic N) is 4. The fourth-order valence-corrected chi connectivity index (χ4v) is 3.99. The molecule has 0 aliphatic rings. The molecule has 0 fully saturated rings. The van der Waals surface area contributed by atoms with Crippen LogP contribution < -0.4 is 18.9 Å². The van der Waals surface area contributed by atoms with E-state index in [9.17, 15) is 0 Å². The number of hydrogen-bond donors (Lipinski definition) is 0. The minimum atomic E-state index is 0.555. The molecular formula is C20H20N4O4S. The van der Waals surface area contributed by atoms with Crippen molar-refractivity contribution in [1.29, 1.82) is 0 Å². The second-order valence-corrected chi connectivity index (χ2v) is 7.08. The first kappa shape index (κ1) is 19.0. The molecule has 2 heterocycles. The SMILES string of the molecule is COc1ccc(Cc2nnc3sc(-c4cccc(OC)c4OC)nn23)cc1OC. The van der Waals surface area contributed by atoms with Crippen molar-refractivity contribution in [3.05, 3.63) is 47.8 Å². The highest BCUT2D eigenvalue weighted by Crippen LogP contribution is 2.39. The van der Waals surface area contributed by atoms with Gasteiger partial charge in [-0.3, -0.25) is 0 Å². The number of ether oxygens (including phenoxy) is 4. The van der Waals surface area contributed by atoms with Crippen molar-refractivity contribution in [2.24, 2.45) is 0 Å². The van der Waals surface area contributed by atoms with Gasteiger partial charge in [0.15, 0.2) is 33.8 Å². The number of fused-ring (bicyclic) bond motifs is 1. The number of aromatic nitrogens is 4. The Morgan fingerprint density at radius 1 is 0.862 bits per heavy atom. The van der Waals surface area contributed by atoms with Gasteiger partial charge in [-0.2, -0.15) is 9.61 Å². The zero-order chi connectivity index (χ0) is 20.4. The minimum Gasteiger partial charge on any atom is -0.493 e. The topological polar surface area (TPSA) is 80.0 Å². The Morgan fingerprint density at radius 2 is 1.66 bits per heavy atom. The number of benzene rings is 2. The van der Waals surface area contributed by atoms with Crippen molar-refractivity contribution < 1.29 is 18.9 Å². The predicted octanol–water partition coefficient (Wildman–Crippen LogP) is 3.48. The Bertz CT molecular complexity index is 1150. The van der Waals surface area contributed by atoms with E-state index in [4.69, 9.17) is 24.0 Å². The molecule has 0 saturated heterocycles. The van der Waals surface area contributed by atoms with Crippen molar-refractivity contribution in [2.45, 2.75) is 6.42 Å². The minimum absolute atomic E-state index is 0.555. The standard InChI is InChI=1S/C20H20N4O4S/c1-25-14-9-8-12(10-16(14)27-3)11-17-21-22-20-24(17)23-19(29-20)13-6-5-7-15(26-2)18(13)28-4/h5-10H,11H2,1-4H3. The molecule has 2 aromatic carbocycles. The van der Waals surface area contributed by atoms with Gasteiger partial charge in [-0.1, -0.05) is 23.5 Å². The third kappa shape index (κ3) is 3.44. The van der Waals surface area contributed by atoms with Crippen LogP contribution in [0.4, 0.5) is 0 Å². The highest BCUT2D eigenvalue weighted by molar-refractivity contribution is 7.19. The van der Waals surface area contributed by atoms with Crippen LogP contribution >= 0.6 is 11.3 Å². The summed E-state index contributed by atoms with van der Waals surface area (Å²) in [6.07, 6.45) is 0.555. The number of methoxy groups -OCH3 is 4. The molecule has 0 aliphatic carbocycles. The van der Waals surface area contributed by atoms with Crippen LogP contribution in [0.25, 0.3) is 15.5 Å². The Morgan fingerprint density at radius 3 is 2.38 bits per heavy atom. The van der Waals surface area contributed by atoms with Gasteiger partial charge in [0, 0.05) is 6.42 Å². The van der Waals surface area contributed by atoms with Crippen LogP contribution in [0, 0.1) is 0 Å². The van der Waals surface area contributed by atoms with E-state index in [2.05, 4.69) is 10.2 Å². The van der Waals surface area contributed by atoms with E-state index in [0.29, 0.717) is 34.4 Å². The predicted molar refractivity (Wildman–Crippen MR) is 110 cm³/mol. The molecule has 2 aromatic heterocycles. The molecule has 9 heteroatoms. The lowest BCUT2D eigenvalue weighted by Gasteiger charge is -2.10. The molecule has 0 aliphatic heterocycles. The van der Waals surface area contributed by atoms with E-state index >= 15 is 0 Å². The van der Waals surface area contributed by atoms with Gasteiger partial charge in [-0.05, 0) is 29.8 Å². The lowest BCUT2D eigenvalue weighted by atomic mass is 10.1. The van der Waals surface area contributed by atoms with E-state index in [1.54, 1.807) is 33.0 Å². The van der Waals surface area contributed by atoms with Crippen LogP contribution in [0.3, 0.4) is 0 Å². The summed E-state index contributed by atoms with van der Waals surface area (Å²) in [5.74, 6) is 3.38. The highest BCUT2D eigenvalue weighted by Gasteiger charge is 2.18. The largest absolute Gasteiger partial charge is 0.493 e. The van der Waals surface area contributed by atoms with Crippen molar-refractivity contribution in [3.8, 4) is 33.6 Å². The summed E-state index contributed by atoms with van der Waals surface area (Å²) < 4.78 is 23.4. The third-order valence-electron chi connectivity index (χ3n) is 4.50. The van der Waals surface area contributed by atoms with Crippen molar-refractivity contribution in [3.63, 3.8) is 0 Å². The lowest BCUT2D eigenvalue weighted by molar-refractivity contribution is 0.354. The van der Waals surface area contributed by atoms with Crippen molar-refractivity contribution in [1.82, 2.24) is 19.8 Å². The number of para-hydroxylation sites is 1. The van der Waals surface area contributed by atoms with Gasteiger partial charge in [0.1, 0.15) is 0 Å². The number of hydrogen-bond acceptors (Lipinski definition) is 8. The van der Waals surface area contributed by atoms with Crippen molar-refractivity contribution >= 4 is 16.3 Å². The van der Waals surface area contributed by atoms with Crippen LogP contribution in [-0.4, -0.2) is 48.3 Å². The van der Waals surface area contributed by atoms with Crippen LogP contribution in [-0.2, 0) is 6.42 Å². The third-order valence-corrected chi connectivity index (χ3v) is 5.43. The number of rotatable bonds is 7. The van der Waals surface area contributed by atoms with Crippen molar-refractivity contribution in [2.75, 3.05) is 28.4 Å². The van der Waals surface area contributed by atoms with E-state index in [1.165, 1.54) is 11.3 Å². The summed E-state index contributed by atoms with van der Waals surface area (Å²) in [6, 6.07) is 11.5. The summed E-state index contributed by atoms with van der Waals surface area (Å²) >= 11 is 1.44. The second-order valence-electron chi connectivity index (χ2n) is 6.13. The first-order chi connectivity index (χ1) is 14.2. The van der Waals surface area contributed by atoms with Crippen LogP contribution in [0.15, 0.2) is 36.4 Å². The first-order valence-corrected chi connectivity index (χ1v) is 9.63. The smallest absolute Gasteiger partial charge is 0.234 e. The van der Waals surface area contributed by atoms with E-state index in [1.807, 2.05) is 36.4 Å². The summed E-state index contributed by atoms with van der Waals surface area (Å²) in [5, 5.41) is 14.1. The van der Waals surface area contributed by atoms with Gasteiger partial charge in [-0.15, -0.1) is 10.2 Å². The molecule has 150 valence electrons. The molecule has 0 amide bonds. The van der Waals surface area contributed by atoms with Gasteiger partial charge in [0.2, 0.25) is 4.96 Å². The molecule has 0 spiro atoms. The maximum absolute atomic E-state index is 5.54. The summed E-state index contributed by atoms with van der Waals surface area (Å²) in [7, 11) is 6.46. The van der Waals surface area contributed by atoms with E-state index in [-0.39, 0.29) is 0 Å². The highest BCUT2D eigenvalue weighted by atomic mass is 32.1. The lowest BCUT2D eigenvalue weighted by Crippen LogP contribution is -1.99. The molecule has 4 aromatic rings. The molecule has 0 saturated carbocycles. The summed E-state index contributed by atoms with van der Waals surface area (Å²) in [6.45, 7) is 0. The van der Waals surface area contributed by atoms with Gasteiger partial charge in [0.05, 0.1) is 34.0 Å². The molecular weight excluding hydrogens is 392 g/mol. The quantitative estimate of drug-likeness (QED) is 0.460. The Hall–Kier alpha value is -3.33. The Kier molecular flexibility index (Phi) is 5.22. The summed E-state index contributed by atoms with van der Waals surface area (Å²) in [4.78, 5) is 0.709. The summed E-state index contributed by atoms with van der Waals surface area (Å²) in [5.41, 5.74) is 1.87. The monoisotopic (exact) mass is 412 g/mol. The average molecular weight is 412 g/mol. The van der Waals surface area contributed by atoms with Gasteiger partial charge >= 0.3 is 0 Å². The Balaban J connectivity index is 1.70. The normalized spacial score (nSPS) is 10.9. The molecule has 0 atom stereocenters. The van der Waals surface area contributed by atoms with Gasteiger partial charge in [0.25, 0.3) is 0 Å². The molecule has 0 radical (unpaired) electrons. The maximum atomic E-state index is 5.54. The Labute approximate surface area is 171 Å². The molecule has 0 unspecified atom stereocenters. The van der Waals surface area contributed by atoms with Crippen LogP contribution in [0.1, 0.15) is 11.4 Å². The second kappa shape index (κ2) is 7.96. The van der Waals surface area contributed by atoms with Gasteiger partial charge in [-0.25, -0.2) is 0 Å². The molecule has 0 N–H and O–H groups in total. The molecule has 29 heavy (non-hydrogen) atoms. The maximum Gasteiger partial charge on any atom is 0.234 e. The van der Waals surface area contributed by atoms with Gasteiger partial charge < -0.3 is 18.9 Å². The molecule has 8 nitrogen and oxygen atoms in total. The zero-order valence-electron chi connectivity index (χ0n) is 16.5. The van der Waals surface area contributed by atoms with E-state index in [0.717, 1.165) is 22.0 Å².